The molecule has 0 spiro atoms. The highest BCUT2D eigenvalue weighted by Gasteiger charge is 2.30. The normalized spacial score (nSPS) is 11.2. The van der Waals surface area contributed by atoms with Gasteiger partial charge in [-0.2, -0.15) is 18.2 Å². The molecule has 2 heterocycles. The quantitative estimate of drug-likeness (QED) is 0.711. The Morgan fingerprint density at radius 3 is 2.44 bits per heavy atom. The van der Waals surface area contributed by atoms with E-state index in [2.05, 4.69) is 30.6 Å². The van der Waals surface area contributed by atoms with Gasteiger partial charge in [0.05, 0.1) is 29.8 Å². The van der Waals surface area contributed by atoms with Crippen LogP contribution in [-0.2, 0) is 6.18 Å². The Labute approximate surface area is 145 Å². The Morgan fingerprint density at radius 2 is 1.72 bits per heavy atom. The molecule has 0 saturated carbocycles. The minimum absolute atomic E-state index is 0.160. The van der Waals surface area contributed by atoms with Crippen molar-refractivity contribution in [1.29, 1.82) is 0 Å². The molecule has 6 nitrogen and oxygen atoms in total. The molecular formula is C15H10ClF3N6. The van der Waals surface area contributed by atoms with Crippen molar-refractivity contribution < 1.29 is 13.2 Å². The fraction of sp³-hybridized carbons (Fsp3) is 0.0667. The van der Waals surface area contributed by atoms with E-state index < -0.39 is 11.7 Å². The molecule has 0 radical (unpaired) electrons. The fourth-order valence-corrected chi connectivity index (χ4v) is 2.06. The van der Waals surface area contributed by atoms with E-state index in [-0.39, 0.29) is 22.5 Å². The maximum atomic E-state index is 12.8. The van der Waals surface area contributed by atoms with Crippen LogP contribution >= 0.6 is 11.6 Å². The van der Waals surface area contributed by atoms with Crippen LogP contribution in [0.25, 0.3) is 0 Å². The average Bonchev–Trinajstić information content (AvgIpc) is 2.58. The van der Waals surface area contributed by atoms with Crippen LogP contribution in [0.5, 0.6) is 0 Å². The molecule has 25 heavy (non-hydrogen) atoms. The molecule has 0 saturated heterocycles. The number of aromatic nitrogens is 4. The van der Waals surface area contributed by atoms with E-state index in [1.807, 2.05) is 0 Å². The molecule has 2 N–H and O–H groups in total. The minimum Gasteiger partial charge on any atom is -0.339 e. The van der Waals surface area contributed by atoms with E-state index in [4.69, 9.17) is 11.6 Å². The Bertz CT molecular complexity index is 873. The Morgan fingerprint density at radius 1 is 0.960 bits per heavy atom. The number of nitrogens with one attached hydrogen (secondary N) is 2. The van der Waals surface area contributed by atoms with E-state index in [1.165, 1.54) is 37.1 Å². The molecule has 0 aliphatic rings. The van der Waals surface area contributed by atoms with Crippen molar-refractivity contribution in [2.75, 3.05) is 10.6 Å². The van der Waals surface area contributed by atoms with Gasteiger partial charge in [0, 0.05) is 5.69 Å². The Balaban J connectivity index is 1.84. The van der Waals surface area contributed by atoms with E-state index in [0.717, 1.165) is 12.1 Å². The molecule has 3 rings (SSSR count). The van der Waals surface area contributed by atoms with Crippen LogP contribution in [0.15, 0.2) is 49.2 Å². The van der Waals surface area contributed by atoms with Crippen molar-refractivity contribution >= 4 is 34.7 Å². The van der Waals surface area contributed by atoms with Crippen molar-refractivity contribution in [3.8, 4) is 0 Å². The SMILES string of the molecule is FC(F)(F)c1cccc(Nc2nc(Nc3cncnc3)ncc2Cl)c1. The number of benzene rings is 1. The van der Waals surface area contributed by atoms with E-state index in [1.54, 1.807) is 0 Å². The number of hydrogen-bond acceptors (Lipinski definition) is 6. The maximum absolute atomic E-state index is 12.8. The molecule has 0 unspecified atom stereocenters. The number of nitrogens with zero attached hydrogens (tertiary/aromatic N) is 4. The third-order valence-electron chi connectivity index (χ3n) is 3.01. The summed E-state index contributed by atoms with van der Waals surface area (Å²) in [7, 11) is 0. The summed E-state index contributed by atoms with van der Waals surface area (Å²) < 4.78 is 38.4. The van der Waals surface area contributed by atoms with Gasteiger partial charge in [0.25, 0.3) is 0 Å². The van der Waals surface area contributed by atoms with E-state index >= 15 is 0 Å². The molecule has 10 heteroatoms. The molecule has 1 aromatic carbocycles. The number of rotatable bonds is 4. The van der Waals surface area contributed by atoms with Crippen LogP contribution in [0, 0.1) is 0 Å². The molecular weight excluding hydrogens is 357 g/mol. The summed E-state index contributed by atoms with van der Waals surface area (Å²) in [5.41, 5.74) is -0.0262. The van der Waals surface area contributed by atoms with Gasteiger partial charge in [0.1, 0.15) is 11.3 Å². The number of halogens is 4. The molecule has 0 aliphatic carbocycles. The first-order valence-electron chi connectivity index (χ1n) is 6.91. The lowest BCUT2D eigenvalue weighted by Gasteiger charge is -2.12. The lowest BCUT2D eigenvalue weighted by molar-refractivity contribution is -0.137. The molecule has 0 bridgehead atoms. The number of anilines is 4. The summed E-state index contributed by atoms with van der Waals surface area (Å²) in [6.45, 7) is 0. The molecule has 2 aromatic heterocycles. The van der Waals surface area contributed by atoms with Crippen molar-refractivity contribution in [1.82, 2.24) is 19.9 Å². The second-order valence-electron chi connectivity index (χ2n) is 4.85. The highest BCUT2D eigenvalue weighted by atomic mass is 35.5. The van der Waals surface area contributed by atoms with Crippen molar-refractivity contribution in [2.45, 2.75) is 6.18 Å². The molecule has 0 atom stereocenters. The van der Waals surface area contributed by atoms with Gasteiger partial charge in [-0.3, -0.25) is 0 Å². The van der Waals surface area contributed by atoms with Gasteiger partial charge < -0.3 is 10.6 Å². The lowest BCUT2D eigenvalue weighted by atomic mass is 10.2. The van der Waals surface area contributed by atoms with E-state index in [0.29, 0.717) is 5.69 Å². The molecule has 3 aromatic rings. The largest absolute Gasteiger partial charge is 0.416 e. The first kappa shape index (κ1) is 16.9. The van der Waals surface area contributed by atoms with Gasteiger partial charge in [0.15, 0.2) is 5.82 Å². The second-order valence-corrected chi connectivity index (χ2v) is 5.25. The first-order valence-corrected chi connectivity index (χ1v) is 7.28. The lowest BCUT2D eigenvalue weighted by Crippen LogP contribution is -2.06. The predicted octanol–water partition coefficient (Wildman–Crippen LogP) is 4.43. The summed E-state index contributed by atoms with van der Waals surface area (Å²) in [4.78, 5) is 15.8. The van der Waals surface area contributed by atoms with Gasteiger partial charge in [0.2, 0.25) is 5.95 Å². The van der Waals surface area contributed by atoms with Crippen molar-refractivity contribution in [2.24, 2.45) is 0 Å². The number of alkyl halides is 3. The zero-order chi connectivity index (χ0) is 17.9. The van der Waals surface area contributed by atoms with Gasteiger partial charge in [-0.1, -0.05) is 17.7 Å². The number of hydrogen-bond donors (Lipinski definition) is 2. The Kier molecular flexibility index (Phi) is 4.66. The van der Waals surface area contributed by atoms with Crippen LogP contribution in [0.2, 0.25) is 5.02 Å². The van der Waals surface area contributed by atoms with Crippen LogP contribution in [0.3, 0.4) is 0 Å². The average molecular weight is 367 g/mol. The van der Waals surface area contributed by atoms with Crippen LogP contribution in [-0.4, -0.2) is 19.9 Å². The molecule has 0 aliphatic heterocycles. The second kappa shape index (κ2) is 6.89. The zero-order valence-electron chi connectivity index (χ0n) is 12.4. The third kappa shape index (κ3) is 4.32. The highest BCUT2D eigenvalue weighted by Crippen LogP contribution is 2.32. The smallest absolute Gasteiger partial charge is 0.339 e. The zero-order valence-corrected chi connectivity index (χ0v) is 13.2. The van der Waals surface area contributed by atoms with E-state index in [9.17, 15) is 13.2 Å². The van der Waals surface area contributed by atoms with Gasteiger partial charge >= 0.3 is 6.18 Å². The minimum atomic E-state index is -4.44. The molecule has 0 amide bonds. The third-order valence-corrected chi connectivity index (χ3v) is 3.29. The van der Waals surface area contributed by atoms with Crippen LogP contribution < -0.4 is 10.6 Å². The summed E-state index contributed by atoms with van der Waals surface area (Å²) in [6.07, 6.45) is 1.30. The van der Waals surface area contributed by atoms with Crippen LogP contribution in [0.1, 0.15) is 5.56 Å². The van der Waals surface area contributed by atoms with Crippen molar-refractivity contribution in [3.05, 3.63) is 59.8 Å². The topological polar surface area (TPSA) is 75.6 Å². The Hall–Kier alpha value is -2.94. The monoisotopic (exact) mass is 366 g/mol. The van der Waals surface area contributed by atoms with Gasteiger partial charge in [-0.25, -0.2) is 15.0 Å². The van der Waals surface area contributed by atoms with Gasteiger partial charge in [-0.05, 0) is 18.2 Å². The summed E-state index contributed by atoms with van der Waals surface area (Å²) in [5.74, 6) is 0.351. The molecule has 0 fully saturated rings. The summed E-state index contributed by atoms with van der Waals surface area (Å²) in [5, 5.41) is 5.78. The van der Waals surface area contributed by atoms with Crippen LogP contribution in [0.4, 0.5) is 36.3 Å². The fourth-order valence-electron chi connectivity index (χ4n) is 1.92. The molecule has 128 valence electrons. The highest BCUT2D eigenvalue weighted by molar-refractivity contribution is 6.32. The summed E-state index contributed by atoms with van der Waals surface area (Å²) in [6, 6.07) is 4.72. The predicted molar refractivity (Wildman–Crippen MR) is 87.1 cm³/mol. The standard InChI is InChI=1S/C15H10ClF3N6/c16-12-7-22-14(24-11-5-20-8-21-6-11)25-13(12)23-10-3-1-2-9(4-10)15(17,18)19/h1-8H,(H2,22,23,24,25). The van der Waals surface area contributed by atoms with Gasteiger partial charge in [-0.15, -0.1) is 0 Å². The van der Waals surface area contributed by atoms with Crippen molar-refractivity contribution in [3.63, 3.8) is 0 Å². The summed E-state index contributed by atoms with van der Waals surface area (Å²) >= 11 is 6.02. The maximum Gasteiger partial charge on any atom is 0.416 e. The first-order chi connectivity index (χ1) is 11.9.